The van der Waals surface area contributed by atoms with Gasteiger partial charge in [0.1, 0.15) is 22.9 Å². The van der Waals surface area contributed by atoms with Crippen LogP contribution in [0.15, 0.2) is 24.3 Å². The fourth-order valence-electron chi connectivity index (χ4n) is 3.47. The third kappa shape index (κ3) is 7.73. The predicted octanol–water partition coefficient (Wildman–Crippen LogP) is 2.86. The summed E-state index contributed by atoms with van der Waals surface area (Å²) < 4.78 is 68.7. The molecule has 1 aliphatic carbocycles. The predicted molar refractivity (Wildman–Crippen MR) is 116 cm³/mol. The highest BCUT2D eigenvalue weighted by atomic mass is 32.2. The summed E-state index contributed by atoms with van der Waals surface area (Å²) in [6, 6.07) is 2.77. The molecule has 2 rings (SSSR count). The largest absolute Gasteiger partial charge is 0.534 e. The lowest BCUT2D eigenvalue weighted by Crippen LogP contribution is -2.60. The van der Waals surface area contributed by atoms with E-state index < -0.39 is 56.5 Å². The van der Waals surface area contributed by atoms with Crippen LogP contribution in [-0.2, 0) is 30.9 Å². The number of halogens is 3. The summed E-state index contributed by atoms with van der Waals surface area (Å²) in [5.74, 6) is -2.71. The molecule has 35 heavy (non-hydrogen) atoms. The van der Waals surface area contributed by atoms with Gasteiger partial charge in [0.2, 0.25) is 5.91 Å². The van der Waals surface area contributed by atoms with Gasteiger partial charge in [-0.15, -0.1) is 0 Å². The van der Waals surface area contributed by atoms with E-state index in [9.17, 15) is 41.1 Å². The highest BCUT2D eigenvalue weighted by Gasteiger charge is 2.48. The second kappa shape index (κ2) is 10.3. The van der Waals surface area contributed by atoms with Crippen LogP contribution in [0.25, 0.3) is 0 Å². The zero-order valence-corrected chi connectivity index (χ0v) is 20.1. The van der Waals surface area contributed by atoms with Crippen LogP contribution < -0.4 is 14.8 Å². The molecule has 1 aliphatic rings. The number of hydrogen-bond donors (Lipinski definition) is 3. The summed E-state index contributed by atoms with van der Waals surface area (Å²) in [6.07, 6.45) is 0.738. The van der Waals surface area contributed by atoms with Crippen LogP contribution in [0.5, 0.6) is 5.75 Å². The molecule has 0 saturated heterocycles. The number of hydrogen-bond acceptors (Lipinski definition) is 7. The Balaban J connectivity index is 2.11. The van der Waals surface area contributed by atoms with Crippen molar-refractivity contribution in [2.24, 2.45) is 0 Å². The first kappa shape index (κ1) is 28.2. The molecule has 1 atom stereocenters. The van der Waals surface area contributed by atoms with Crippen LogP contribution in [0, 0.1) is 0 Å². The van der Waals surface area contributed by atoms with Gasteiger partial charge in [-0.25, -0.2) is 9.59 Å². The summed E-state index contributed by atoms with van der Waals surface area (Å²) in [6.45, 7) is 4.97. The Labute approximate surface area is 200 Å². The Morgan fingerprint density at radius 2 is 1.63 bits per heavy atom. The number of carboxylic acids is 1. The zero-order chi connectivity index (χ0) is 26.7. The lowest BCUT2D eigenvalue weighted by molar-refractivity contribution is -0.142. The van der Waals surface area contributed by atoms with Crippen molar-refractivity contribution >= 4 is 28.1 Å². The third-order valence-corrected chi connectivity index (χ3v) is 6.07. The normalized spacial score (nSPS) is 16.7. The van der Waals surface area contributed by atoms with Gasteiger partial charge >= 0.3 is 27.7 Å². The number of amides is 2. The standard InChI is InChI=1S/C21H27F3N2O8S/c1-19(2,3)33-18(30)26-20(10-4-5-11-20)17(29)25-15(16(27)28)12-13-6-8-14(9-7-13)34-35(31,32)21(22,23)24/h6-9,15H,4-5,10-12H2,1-3H3,(H,25,29)(H,26,30)(H,27,28). The van der Waals surface area contributed by atoms with E-state index >= 15 is 0 Å². The van der Waals surface area contributed by atoms with Gasteiger partial charge in [-0.2, -0.15) is 21.6 Å². The SMILES string of the molecule is CC(C)(C)OC(=O)NC1(C(=O)NC(Cc2ccc(OS(=O)(=O)C(F)(F)F)cc2)C(=O)O)CCCC1. The maximum Gasteiger partial charge on any atom is 0.534 e. The minimum Gasteiger partial charge on any atom is -0.480 e. The smallest absolute Gasteiger partial charge is 0.480 e. The molecule has 0 aromatic heterocycles. The van der Waals surface area contributed by atoms with Crippen molar-refractivity contribution in [1.82, 2.24) is 10.6 Å². The molecule has 10 nitrogen and oxygen atoms in total. The topological polar surface area (TPSA) is 148 Å². The first-order valence-electron chi connectivity index (χ1n) is 10.6. The fourth-order valence-corrected chi connectivity index (χ4v) is 3.93. The van der Waals surface area contributed by atoms with Crippen LogP contribution in [0.1, 0.15) is 52.0 Å². The minimum atomic E-state index is -5.85. The number of alkyl halides is 3. The molecule has 0 heterocycles. The van der Waals surface area contributed by atoms with Crippen LogP contribution in [0.3, 0.4) is 0 Å². The molecule has 2 amide bonds. The van der Waals surface area contributed by atoms with E-state index in [1.165, 1.54) is 12.1 Å². The van der Waals surface area contributed by atoms with Crippen molar-refractivity contribution in [3.63, 3.8) is 0 Å². The van der Waals surface area contributed by atoms with Crippen LogP contribution in [0.2, 0.25) is 0 Å². The highest BCUT2D eigenvalue weighted by Crippen LogP contribution is 2.31. The van der Waals surface area contributed by atoms with E-state index in [1.54, 1.807) is 20.8 Å². The van der Waals surface area contributed by atoms with Gasteiger partial charge in [-0.05, 0) is 51.3 Å². The number of ether oxygens (including phenoxy) is 1. The van der Waals surface area contributed by atoms with Crippen molar-refractivity contribution in [2.45, 2.75) is 75.6 Å². The van der Waals surface area contributed by atoms with Crippen molar-refractivity contribution in [3.05, 3.63) is 29.8 Å². The van der Waals surface area contributed by atoms with E-state index in [0.29, 0.717) is 12.8 Å². The van der Waals surface area contributed by atoms with Crippen LogP contribution in [-0.4, -0.2) is 54.2 Å². The summed E-state index contributed by atoms with van der Waals surface area (Å²) in [7, 11) is -5.85. The van der Waals surface area contributed by atoms with Gasteiger partial charge in [0.05, 0.1) is 0 Å². The Hall–Kier alpha value is -3.03. The van der Waals surface area contributed by atoms with Gasteiger partial charge in [-0.1, -0.05) is 25.0 Å². The number of alkyl carbamates (subject to hydrolysis) is 1. The van der Waals surface area contributed by atoms with Gasteiger partial charge in [0.15, 0.2) is 0 Å². The Bertz CT molecular complexity index is 1040. The molecule has 0 aliphatic heterocycles. The Morgan fingerprint density at radius 3 is 2.09 bits per heavy atom. The fraction of sp³-hybridized carbons (Fsp3) is 0.571. The first-order chi connectivity index (χ1) is 15.9. The molecule has 196 valence electrons. The highest BCUT2D eigenvalue weighted by molar-refractivity contribution is 7.88. The second-order valence-electron chi connectivity index (χ2n) is 9.11. The molecule has 1 unspecified atom stereocenters. The molecule has 14 heteroatoms. The molecular formula is C21H27F3N2O8S. The van der Waals surface area contributed by atoms with Gasteiger partial charge in [0.25, 0.3) is 0 Å². The first-order valence-corrected chi connectivity index (χ1v) is 12.0. The van der Waals surface area contributed by atoms with E-state index in [4.69, 9.17) is 4.74 Å². The molecule has 3 N–H and O–H groups in total. The van der Waals surface area contributed by atoms with Crippen molar-refractivity contribution in [2.75, 3.05) is 0 Å². The van der Waals surface area contributed by atoms with Gasteiger partial charge in [0, 0.05) is 6.42 Å². The quantitative estimate of drug-likeness (QED) is 0.347. The number of aliphatic carboxylic acids is 1. The molecule has 0 radical (unpaired) electrons. The number of nitrogens with one attached hydrogen (secondary N) is 2. The van der Waals surface area contributed by atoms with Crippen LogP contribution in [0.4, 0.5) is 18.0 Å². The molecular weight excluding hydrogens is 497 g/mol. The summed E-state index contributed by atoms with van der Waals surface area (Å²) in [5.41, 5.74) is -7.48. The molecule has 1 fully saturated rings. The minimum absolute atomic E-state index is 0.268. The third-order valence-electron chi connectivity index (χ3n) is 5.09. The molecule has 1 aromatic rings. The van der Waals surface area contributed by atoms with Gasteiger partial charge < -0.3 is 24.7 Å². The second-order valence-corrected chi connectivity index (χ2v) is 10.6. The maximum absolute atomic E-state index is 13.0. The van der Waals surface area contributed by atoms with Gasteiger partial charge in [-0.3, -0.25) is 4.79 Å². The molecule has 1 saturated carbocycles. The summed E-state index contributed by atoms with van der Waals surface area (Å²) in [4.78, 5) is 37.1. The molecule has 0 spiro atoms. The average molecular weight is 525 g/mol. The zero-order valence-electron chi connectivity index (χ0n) is 19.3. The average Bonchev–Trinajstić information content (AvgIpc) is 3.15. The number of carbonyl (C=O) groups is 3. The number of carboxylic acid groups (broad SMARTS) is 1. The maximum atomic E-state index is 13.0. The van der Waals surface area contributed by atoms with Crippen molar-refractivity contribution < 1.29 is 50.0 Å². The Kier molecular flexibility index (Phi) is 8.30. The lowest BCUT2D eigenvalue weighted by Gasteiger charge is -2.31. The number of carbonyl (C=O) groups excluding carboxylic acids is 2. The van der Waals surface area contributed by atoms with Crippen molar-refractivity contribution in [1.29, 1.82) is 0 Å². The summed E-state index contributed by atoms with van der Waals surface area (Å²) >= 11 is 0. The number of benzene rings is 1. The van der Waals surface area contributed by atoms with E-state index in [0.717, 1.165) is 12.1 Å². The van der Waals surface area contributed by atoms with E-state index in [1.807, 2.05) is 0 Å². The van der Waals surface area contributed by atoms with Crippen molar-refractivity contribution in [3.8, 4) is 5.75 Å². The molecule has 1 aromatic carbocycles. The lowest BCUT2D eigenvalue weighted by atomic mass is 9.95. The van der Waals surface area contributed by atoms with E-state index in [2.05, 4.69) is 14.8 Å². The van der Waals surface area contributed by atoms with E-state index in [-0.39, 0.29) is 24.8 Å². The Morgan fingerprint density at radius 1 is 1.09 bits per heavy atom. The molecule has 0 bridgehead atoms. The monoisotopic (exact) mass is 524 g/mol. The summed E-state index contributed by atoms with van der Waals surface area (Å²) in [5, 5.41) is 14.6. The number of rotatable bonds is 8. The van der Waals surface area contributed by atoms with Crippen LogP contribution >= 0.6 is 0 Å².